The van der Waals surface area contributed by atoms with Crippen molar-refractivity contribution in [1.29, 1.82) is 0 Å². The quantitative estimate of drug-likeness (QED) is 0.769. The highest BCUT2D eigenvalue weighted by Gasteiger charge is 2.31. The molecule has 1 fully saturated rings. The van der Waals surface area contributed by atoms with E-state index in [9.17, 15) is 0 Å². The molecule has 1 saturated heterocycles. The first-order valence-corrected chi connectivity index (χ1v) is 7.98. The van der Waals surface area contributed by atoms with Gasteiger partial charge in [-0.3, -0.25) is 5.32 Å². The van der Waals surface area contributed by atoms with Crippen LogP contribution in [0.15, 0.2) is 36.4 Å². The van der Waals surface area contributed by atoms with E-state index < -0.39 is 0 Å². The van der Waals surface area contributed by atoms with E-state index in [4.69, 9.17) is 46.4 Å². The van der Waals surface area contributed by atoms with E-state index in [1.165, 1.54) is 0 Å². The molecule has 6 heteroatoms. The highest BCUT2D eigenvalue weighted by Crippen LogP contribution is 2.41. The summed E-state index contributed by atoms with van der Waals surface area (Å²) in [5.41, 5.74) is 1.64. The van der Waals surface area contributed by atoms with Crippen LogP contribution in [0.25, 0.3) is 0 Å². The van der Waals surface area contributed by atoms with Gasteiger partial charge in [-0.1, -0.05) is 58.5 Å². The van der Waals surface area contributed by atoms with Crippen molar-refractivity contribution in [3.8, 4) is 0 Å². The molecule has 2 aromatic rings. The molecule has 0 radical (unpaired) electrons. The Balaban J connectivity index is 2.08. The van der Waals surface area contributed by atoms with Crippen LogP contribution < -0.4 is 10.2 Å². The number of hydrogen-bond acceptors (Lipinski definition) is 2. The molecule has 0 bridgehead atoms. The summed E-state index contributed by atoms with van der Waals surface area (Å²) in [7, 11) is 0. The molecule has 2 nitrogen and oxygen atoms in total. The molecule has 1 atom stereocenters. The summed E-state index contributed by atoms with van der Waals surface area (Å²) in [4.78, 5) is 2.10. The van der Waals surface area contributed by atoms with Crippen molar-refractivity contribution in [3.05, 3.63) is 62.1 Å². The Labute approximate surface area is 143 Å². The van der Waals surface area contributed by atoms with Gasteiger partial charge >= 0.3 is 0 Å². The van der Waals surface area contributed by atoms with Crippen molar-refractivity contribution < 1.29 is 0 Å². The number of nitrogens with zero attached hydrogens (tertiary/aromatic N) is 1. The number of nitrogens with one attached hydrogen (secondary N) is 1. The molecule has 0 amide bonds. The van der Waals surface area contributed by atoms with Crippen LogP contribution >= 0.6 is 46.4 Å². The van der Waals surface area contributed by atoms with Gasteiger partial charge < -0.3 is 4.90 Å². The predicted molar refractivity (Wildman–Crippen MR) is 91.0 cm³/mol. The number of para-hydroxylation sites is 1. The summed E-state index contributed by atoms with van der Waals surface area (Å²) >= 11 is 25.3. The van der Waals surface area contributed by atoms with Gasteiger partial charge in [-0.15, -0.1) is 0 Å². The second-order valence-corrected chi connectivity index (χ2v) is 6.38. The lowest BCUT2D eigenvalue weighted by molar-refractivity contribution is 0.645. The number of benzene rings is 2. The zero-order chi connectivity index (χ0) is 15.0. The van der Waals surface area contributed by atoms with Crippen molar-refractivity contribution in [2.45, 2.75) is 6.17 Å². The summed E-state index contributed by atoms with van der Waals surface area (Å²) < 4.78 is 0. The first-order chi connectivity index (χ1) is 10.1. The highest BCUT2D eigenvalue weighted by molar-refractivity contribution is 6.39. The molecule has 1 aliphatic heterocycles. The molecule has 1 unspecified atom stereocenters. The van der Waals surface area contributed by atoms with Crippen LogP contribution in [0, 0.1) is 0 Å². The van der Waals surface area contributed by atoms with Crippen LogP contribution in [0.1, 0.15) is 11.7 Å². The third-order valence-corrected chi connectivity index (χ3v) is 4.77. The minimum Gasteiger partial charge on any atom is -0.348 e. The second kappa shape index (κ2) is 6.23. The first kappa shape index (κ1) is 15.3. The van der Waals surface area contributed by atoms with Gasteiger partial charge in [-0.2, -0.15) is 0 Å². The van der Waals surface area contributed by atoms with Gasteiger partial charge in [-0.05, 0) is 24.3 Å². The lowest BCUT2D eigenvalue weighted by Crippen LogP contribution is -2.28. The number of halogens is 4. The average molecular weight is 362 g/mol. The van der Waals surface area contributed by atoms with Crippen molar-refractivity contribution >= 4 is 52.1 Å². The van der Waals surface area contributed by atoms with E-state index in [0.29, 0.717) is 20.1 Å². The molecule has 0 saturated carbocycles. The monoisotopic (exact) mass is 360 g/mol. The Morgan fingerprint density at radius 2 is 1.38 bits per heavy atom. The Bertz CT molecular complexity index is 577. The lowest BCUT2D eigenvalue weighted by atomic mass is 10.1. The van der Waals surface area contributed by atoms with E-state index in [0.717, 1.165) is 24.3 Å². The molecule has 3 rings (SSSR count). The molecule has 1 N–H and O–H groups in total. The maximum absolute atomic E-state index is 6.32. The zero-order valence-electron chi connectivity index (χ0n) is 10.9. The smallest absolute Gasteiger partial charge is 0.109 e. The summed E-state index contributed by atoms with van der Waals surface area (Å²) in [5.74, 6) is 0. The van der Waals surface area contributed by atoms with Gasteiger partial charge in [0.05, 0.1) is 15.7 Å². The fourth-order valence-electron chi connectivity index (χ4n) is 2.60. The van der Waals surface area contributed by atoms with Gasteiger partial charge in [0.15, 0.2) is 0 Å². The summed E-state index contributed by atoms with van der Waals surface area (Å²) in [5, 5.41) is 5.86. The molecular formula is C15H12Cl4N2. The van der Waals surface area contributed by atoms with Crippen molar-refractivity contribution in [1.82, 2.24) is 5.32 Å². The van der Waals surface area contributed by atoms with Gasteiger partial charge in [-0.25, -0.2) is 0 Å². The van der Waals surface area contributed by atoms with Gasteiger partial charge in [0.25, 0.3) is 0 Å². The maximum Gasteiger partial charge on any atom is 0.109 e. The molecule has 21 heavy (non-hydrogen) atoms. The van der Waals surface area contributed by atoms with Crippen molar-refractivity contribution in [3.63, 3.8) is 0 Å². The third kappa shape index (κ3) is 2.84. The molecule has 0 aliphatic carbocycles. The Hall–Kier alpha value is -0.640. The largest absolute Gasteiger partial charge is 0.348 e. The van der Waals surface area contributed by atoms with Gasteiger partial charge in [0, 0.05) is 28.7 Å². The standard InChI is InChI=1S/C15H12Cl4N2/c16-9-3-1-4-10(17)13(9)15-20-7-8-21(15)14-11(18)5-2-6-12(14)19/h1-6,15,20H,7-8H2. The molecule has 0 aromatic heterocycles. The normalized spacial score (nSPS) is 18.3. The maximum atomic E-state index is 6.32. The number of rotatable bonds is 2. The summed E-state index contributed by atoms with van der Waals surface area (Å²) in [6.45, 7) is 1.57. The van der Waals surface area contributed by atoms with E-state index in [1.54, 1.807) is 0 Å². The van der Waals surface area contributed by atoms with E-state index in [1.807, 2.05) is 36.4 Å². The summed E-state index contributed by atoms with van der Waals surface area (Å²) in [6.07, 6.45) is -0.149. The Morgan fingerprint density at radius 1 is 0.857 bits per heavy atom. The molecule has 110 valence electrons. The first-order valence-electron chi connectivity index (χ1n) is 6.47. The van der Waals surface area contributed by atoms with Crippen molar-refractivity contribution in [2.75, 3.05) is 18.0 Å². The minimum atomic E-state index is -0.149. The lowest BCUT2D eigenvalue weighted by Gasteiger charge is -2.29. The number of hydrogen-bond donors (Lipinski definition) is 1. The summed E-state index contributed by atoms with van der Waals surface area (Å²) in [6, 6.07) is 11.0. The predicted octanol–water partition coefficient (Wildman–Crippen LogP) is 5.41. The SMILES string of the molecule is Clc1cccc(Cl)c1C1NCCN1c1c(Cl)cccc1Cl. The molecule has 1 heterocycles. The third-order valence-electron chi connectivity index (χ3n) is 3.50. The topological polar surface area (TPSA) is 15.3 Å². The zero-order valence-corrected chi connectivity index (χ0v) is 13.9. The van der Waals surface area contributed by atoms with Crippen LogP contribution in [-0.4, -0.2) is 13.1 Å². The van der Waals surface area contributed by atoms with Gasteiger partial charge in [0.2, 0.25) is 0 Å². The van der Waals surface area contributed by atoms with E-state index >= 15 is 0 Å². The van der Waals surface area contributed by atoms with Crippen LogP contribution in [0.2, 0.25) is 20.1 Å². The second-order valence-electron chi connectivity index (χ2n) is 4.76. The minimum absolute atomic E-state index is 0.149. The van der Waals surface area contributed by atoms with Crippen LogP contribution in [0.5, 0.6) is 0 Å². The van der Waals surface area contributed by atoms with Crippen molar-refractivity contribution in [2.24, 2.45) is 0 Å². The van der Waals surface area contributed by atoms with Crippen LogP contribution in [-0.2, 0) is 0 Å². The van der Waals surface area contributed by atoms with E-state index in [-0.39, 0.29) is 6.17 Å². The Morgan fingerprint density at radius 3 is 1.95 bits per heavy atom. The molecular weight excluding hydrogens is 350 g/mol. The highest BCUT2D eigenvalue weighted by atomic mass is 35.5. The van der Waals surface area contributed by atoms with Crippen LogP contribution in [0.4, 0.5) is 5.69 Å². The molecule has 1 aliphatic rings. The van der Waals surface area contributed by atoms with Gasteiger partial charge in [0.1, 0.15) is 6.17 Å². The van der Waals surface area contributed by atoms with Crippen LogP contribution in [0.3, 0.4) is 0 Å². The Kier molecular flexibility index (Phi) is 4.53. The molecule has 2 aromatic carbocycles. The fourth-order valence-corrected chi connectivity index (χ4v) is 3.81. The van der Waals surface area contributed by atoms with E-state index in [2.05, 4.69) is 10.2 Å². The molecule has 0 spiro atoms. The number of anilines is 1. The fraction of sp³-hybridized carbons (Fsp3) is 0.200. The average Bonchev–Trinajstić information content (AvgIpc) is 2.87.